The van der Waals surface area contributed by atoms with E-state index in [0.29, 0.717) is 0 Å². The number of rotatable bonds is 3. The van der Waals surface area contributed by atoms with Crippen molar-refractivity contribution in [3.8, 4) is 0 Å². The number of aryl methyl sites for hydroxylation is 1. The second-order valence-corrected chi connectivity index (χ2v) is 7.11. The number of hydrogen-bond acceptors (Lipinski definition) is 3. The van der Waals surface area contributed by atoms with E-state index in [1.54, 1.807) is 0 Å². The summed E-state index contributed by atoms with van der Waals surface area (Å²) in [7, 11) is 0. The van der Waals surface area contributed by atoms with E-state index in [1.165, 1.54) is 39.6 Å². The first-order chi connectivity index (χ1) is 9.22. The summed E-state index contributed by atoms with van der Waals surface area (Å²) in [5.41, 5.74) is 8.84. The Hall–Kier alpha value is -0.840. The van der Waals surface area contributed by atoms with E-state index in [1.807, 2.05) is 35.2 Å². The van der Waals surface area contributed by atoms with Gasteiger partial charge in [-0.15, -0.1) is 11.3 Å². The van der Waals surface area contributed by atoms with Crippen molar-refractivity contribution in [3.63, 3.8) is 0 Å². The molecule has 2 heterocycles. The Morgan fingerprint density at radius 3 is 2.79 bits per heavy atom. The van der Waals surface area contributed by atoms with Crippen molar-refractivity contribution in [3.05, 3.63) is 57.0 Å². The zero-order valence-electron chi connectivity index (χ0n) is 10.6. The number of fused-ring (bicyclic) bond motifs is 1. The Kier molecular flexibility index (Phi) is 3.91. The van der Waals surface area contributed by atoms with Crippen LogP contribution in [0.1, 0.15) is 26.9 Å². The first kappa shape index (κ1) is 13.2. The molecule has 1 unspecified atom stereocenters. The molecule has 100 valence electrons. The average molecular weight is 293 g/mol. The van der Waals surface area contributed by atoms with Gasteiger partial charge in [-0.05, 0) is 47.9 Å². The lowest BCUT2D eigenvalue weighted by atomic mass is 10.0. The van der Waals surface area contributed by atoms with Crippen LogP contribution in [0.2, 0.25) is 0 Å². The predicted molar refractivity (Wildman–Crippen MR) is 81.2 cm³/mol. The molecule has 1 aliphatic heterocycles. The number of nitrogens with two attached hydrogens (primary N) is 1. The average Bonchev–Trinajstić information content (AvgIpc) is 2.85. The molecule has 1 nitrogen and oxygen atoms in total. The van der Waals surface area contributed by atoms with Crippen molar-refractivity contribution in [2.75, 3.05) is 5.75 Å². The standard InChI is InChI=1S/C15H16FNS2/c16-12-3-1-10(2-4-12)7-13(17)15-8-11-9-18-6-5-14(11)19-15/h1-4,8,13H,5-7,9,17H2. The largest absolute Gasteiger partial charge is 0.323 e. The van der Waals surface area contributed by atoms with Crippen LogP contribution in [0.15, 0.2) is 30.3 Å². The first-order valence-electron chi connectivity index (χ1n) is 6.41. The van der Waals surface area contributed by atoms with Gasteiger partial charge in [-0.3, -0.25) is 0 Å². The molecule has 19 heavy (non-hydrogen) atoms. The summed E-state index contributed by atoms with van der Waals surface area (Å²) in [6, 6.07) is 8.92. The van der Waals surface area contributed by atoms with E-state index in [9.17, 15) is 4.39 Å². The van der Waals surface area contributed by atoms with Gasteiger partial charge in [0, 0.05) is 21.5 Å². The number of halogens is 1. The fourth-order valence-electron chi connectivity index (χ4n) is 2.33. The molecule has 0 saturated heterocycles. The van der Waals surface area contributed by atoms with Crippen molar-refractivity contribution < 1.29 is 4.39 Å². The minimum atomic E-state index is -0.194. The van der Waals surface area contributed by atoms with Crippen LogP contribution >= 0.6 is 23.1 Å². The zero-order chi connectivity index (χ0) is 13.2. The van der Waals surface area contributed by atoms with Crippen LogP contribution in [-0.2, 0) is 18.6 Å². The van der Waals surface area contributed by atoms with Crippen molar-refractivity contribution >= 4 is 23.1 Å². The van der Waals surface area contributed by atoms with E-state index >= 15 is 0 Å². The molecule has 2 N–H and O–H groups in total. The number of thioether (sulfide) groups is 1. The van der Waals surface area contributed by atoms with Gasteiger partial charge in [0.25, 0.3) is 0 Å². The molecule has 0 saturated carbocycles. The fourth-order valence-corrected chi connectivity index (χ4v) is 4.71. The molecule has 1 atom stereocenters. The highest BCUT2D eigenvalue weighted by Gasteiger charge is 2.17. The van der Waals surface area contributed by atoms with Gasteiger partial charge < -0.3 is 5.73 Å². The molecule has 1 aliphatic rings. The molecule has 0 bridgehead atoms. The van der Waals surface area contributed by atoms with Crippen LogP contribution in [0.3, 0.4) is 0 Å². The lowest BCUT2D eigenvalue weighted by Crippen LogP contribution is -2.11. The molecule has 0 spiro atoms. The number of thiophene rings is 1. The van der Waals surface area contributed by atoms with Gasteiger partial charge in [0.1, 0.15) is 5.82 Å². The van der Waals surface area contributed by atoms with Crippen LogP contribution in [0.4, 0.5) is 4.39 Å². The highest BCUT2D eigenvalue weighted by Crippen LogP contribution is 2.34. The van der Waals surface area contributed by atoms with Gasteiger partial charge in [-0.1, -0.05) is 12.1 Å². The van der Waals surface area contributed by atoms with Crippen molar-refractivity contribution in [1.29, 1.82) is 0 Å². The van der Waals surface area contributed by atoms with Crippen LogP contribution < -0.4 is 5.73 Å². The van der Waals surface area contributed by atoms with E-state index < -0.39 is 0 Å². The fraction of sp³-hybridized carbons (Fsp3) is 0.333. The summed E-state index contributed by atoms with van der Waals surface area (Å²) in [6.07, 6.45) is 1.95. The number of hydrogen-bond donors (Lipinski definition) is 1. The molecule has 1 aromatic heterocycles. The Morgan fingerprint density at radius 1 is 1.26 bits per heavy atom. The molecule has 0 radical (unpaired) electrons. The van der Waals surface area contributed by atoms with E-state index in [-0.39, 0.29) is 11.9 Å². The molecule has 2 aromatic rings. The lowest BCUT2D eigenvalue weighted by Gasteiger charge is -2.09. The Morgan fingerprint density at radius 2 is 2.05 bits per heavy atom. The summed E-state index contributed by atoms with van der Waals surface area (Å²) in [5.74, 6) is 2.15. The van der Waals surface area contributed by atoms with E-state index in [2.05, 4.69) is 6.07 Å². The lowest BCUT2D eigenvalue weighted by molar-refractivity contribution is 0.626. The van der Waals surface area contributed by atoms with Crippen LogP contribution in [0.25, 0.3) is 0 Å². The van der Waals surface area contributed by atoms with Gasteiger partial charge in [0.2, 0.25) is 0 Å². The topological polar surface area (TPSA) is 26.0 Å². The SMILES string of the molecule is NC(Cc1ccc(F)cc1)c1cc2c(s1)CCSC2. The third-order valence-electron chi connectivity index (χ3n) is 3.38. The molecule has 1 aromatic carbocycles. The van der Waals surface area contributed by atoms with Gasteiger partial charge in [0.15, 0.2) is 0 Å². The summed E-state index contributed by atoms with van der Waals surface area (Å²) >= 11 is 3.85. The number of benzene rings is 1. The van der Waals surface area contributed by atoms with Crippen molar-refractivity contribution in [2.24, 2.45) is 5.73 Å². The van der Waals surface area contributed by atoms with E-state index in [0.717, 1.165) is 17.7 Å². The molecular weight excluding hydrogens is 277 g/mol. The third-order valence-corrected chi connectivity index (χ3v) is 5.76. The van der Waals surface area contributed by atoms with Crippen LogP contribution in [0.5, 0.6) is 0 Å². The van der Waals surface area contributed by atoms with Crippen LogP contribution in [0, 0.1) is 5.82 Å². The molecule has 0 amide bonds. The Balaban J connectivity index is 1.74. The zero-order valence-corrected chi connectivity index (χ0v) is 12.2. The second-order valence-electron chi connectivity index (χ2n) is 4.84. The third kappa shape index (κ3) is 3.02. The Bertz CT molecular complexity index is 539. The first-order valence-corrected chi connectivity index (χ1v) is 8.39. The highest BCUT2D eigenvalue weighted by atomic mass is 32.2. The normalized spacial score (nSPS) is 16.1. The maximum Gasteiger partial charge on any atom is 0.123 e. The maximum absolute atomic E-state index is 12.9. The van der Waals surface area contributed by atoms with Gasteiger partial charge in [0.05, 0.1) is 0 Å². The van der Waals surface area contributed by atoms with Crippen molar-refractivity contribution in [1.82, 2.24) is 0 Å². The van der Waals surface area contributed by atoms with Crippen LogP contribution in [-0.4, -0.2) is 5.75 Å². The summed E-state index contributed by atoms with van der Waals surface area (Å²) < 4.78 is 12.9. The second kappa shape index (κ2) is 5.65. The smallest absolute Gasteiger partial charge is 0.123 e. The minimum absolute atomic E-state index is 0.0195. The quantitative estimate of drug-likeness (QED) is 0.928. The van der Waals surface area contributed by atoms with Gasteiger partial charge in [-0.2, -0.15) is 11.8 Å². The molecular formula is C15H16FNS2. The minimum Gasteiger partial charge on any atom is -0.323 e. The summed E-state index contributed by atoms with van der Waals surface area (Å²) in [5, 5.41) is 0. The van der Waals surface area contributed by atoms with E-state index in [4.69, 9.17) is 5.73 Å². The maximum atomic E-state index is 12.9. The summed E-state index contributed by atoms with van der Waals surface area (Å²) in [6.45, 7) is 0. The van der Waals surface area contributed by atoms with Gasteiger partial charge in [-0.25, -0.2) is 4.39 Å². The molecule has 0 fully saturated rings. The van der Waals surface area contributed by atoms with Crippen molar-refractivity contribution in [2.45, 2.75) is 24.6 Å². The Labute approximate surface area is 121 Å². The summed E-state index contributed by atoms with van der Waals surface area (Å²) in [4.78, 5) is 2.76. The molecule has 0 aliphatic carbocycles. The van der Waals surface area contributed by atoms with Gasteiger partial charge >= 0.3 is 0 Å². The highest BCUT2D eigenvalue weighted by molar-refractivity contribution is 7.98. The molecule has 4 heteroatoms. The monoisotopic (exact) mass is 293 g/mol. The molecule has 3 rings (SSSR count). The predicted octanol–water partition coefficient (Wildman–Crippen LogP) is 3.92.